The second kappa shape index (κ2) is 3.94. The van der Waals surface area contributed by atoms with Crippen molar-refractivity contribution in [2.45, 2.75) is 25.0 Å². The summed E-state index contributed by atoms with van der Waals surface area (Å²) < 4.78 is 1.14. The molecular formula is C10H13IN2O. The van der Waals surface area contributed by atoms with E-state index in [4.69, 9.17) is 10.8 Å². The minimum Gasteiger partial charge on any atom is -0.397 e. The predicted octanol–water partition coefficient (Wildman–Crippen LogP) is 1.81. The highest BCUT2D eigenvalue weighted by Gasteiger charge is 2.27. The Balaban J connectivity index is 2.02. The lowest BCUT2D eigenvalue weighted by Crippen LogP contribution is -2.39. The average molecular weight is 304 g/mol. The van der Waals surface area contributed by atoms with Gasteiger partial charge < -0.3 is 16.2 Å². The van der Waals surface area contributed by atoms with Gasteiger partial charge in [0.25, 0.3) is 0 Å². The van der Waals surface area contributed by atoms with Crippen molar-refractivity contribution < 1.29 is 5.11 Å². The van der Waals surface area contributed by atoms with Crippen molar-refractivity contribution in [2.75, 3.05) is 11.1 Å². The number of benzene rings is 1. The maximum atomic E-state index is 9.14. The van der Waals surface area contributed by atoms with Gasteiger partial charge in [-0.1, -0.05) is 0 Å². The quantitative estimate of drug-likeness (QED) is 0.577. The molecule has 0 saturated heterocycles. The zero-order valence-electron chi connectivity index (χ0n) is 7.70. The molecule has 0 bridgehead atoms. The molecule has 1 aliphatic rings. The maximum Gasteiger partial charge on any atom is 0.0579 e. The van der Waals surface area contributed by atoms with E-state index < -0.39 is 0 Å². The second-order valence-corrected chi connectivity index (χ2v) is 4.94. The van der Waals surface area contributed by atoms with Crippen LogP contribution in [0.5, 0.6) is 0 Å². The van der Waals surface area contributed by atoms with Gasteiger partial charge in [0.05, 0.1) is 17.5 Å². The third-order valence-corrected chi connectivity index (χ3v) is 3.16. The van der Waals surface area contributed by atoms with Crippen LogP contribution in [-0.4, -0.2) is 17.3 Å². The summed E-state index contributed by atoms with van der Waals surface area (Å²) in [6.07, 6.45) is 1.52. The number of halogens is 1. The Hall–Kier alpha value is -0.490. The Bertz CT molecular complexity index is 337. The maximum absolute atomic E-state index is 9.14. The fourth-order valence-corrected chi connectivity index (χ4v) is 2.11. The summed E-state index contributed by atoms with van der Waals surface area (Å²) in [4.78, 5) is 0. The lowest BCUT2D eigenvalue weighted by Gasteiger charge is -2.33. The van der Waals surface area contributed by atoms with E-state index in [1.807, 2.05) is 18.2 Å². The molecule has 1 saturated carbocycles. The van der Waals surface area contributed by atoms with Crippen LogP contribution in [0.15, 0.2) is 18.2 Å². The first-order valence-corrected chi connectivity index (χ1v) is 5.72. The number of rotatable bonds is 2. The summed E-state index contributed by atoms with van der Waals surface area (Å²) in [5, 5.41) is 12.5. The van der Waals surface area contributed by atoms with Crippen molar-refractivity contribution in [3.05, 3.63) is 21.8 Å². The topological polar surface area (TPSA) is 58.3 Å². The summed E-state index contributed by atoms with van der Waals surface area (Å²) in [5.74, 6) is 0. The van der Waals surface area contributed by atoms with E-state index in [-0.39, 0.29) is 6.10 Å². The highest BCUT2D eigenvalue weighted by Crippen LogP contribution is 2.27. The van der Waals surface area contributed by atoms with Gasteiger partial charge in [-0.2, -0.15) is 0 Å². The van der Waals surface area contributed by atoms with Gasteiger partial charge >= 0.3 is 0 Å². The van der Waals surface area contributed by atoms with Crippen LogP contribution in [-0.2, 0) is 0 Å². The first kappa shape index (κ1) is 10.0. The van der Waals surface area contributed by atoms with Gasteiger partial charge in [0.15, 0.2) is 0 Å². The van der Waals surface area contributed by atoms with E-state index in [0.29, 0.717) is 6.04 Å². The van der Waals surface area contributed by atoms with Crippen molar-refractivity contribution in [1.82, 2.24) is 0 Å². The van der Waals surface area contributed by atoms with E-state index >= 15 is 0 Å². The summed E-state index contributed by atoms with van der Waals surface area (Å²) >= 11 is 2.23. The number of aliphatic hydroxyl groups excluding tert-OH is 1. The predicted molar refractivity (Wildman–Crippen MR) is 66.2 cm³/mol. The molecule has 76 valence electrons. The molecule has 0 atom stereocenters. The molecule has 1 aromatic rings. The normalized spacial score (nSPS) is 25.6. The fraction of sp³-hybridized carbons (Fsp3) is 0.400. The van der Waals surface area contributed by atoms with E-state index in [1.54, 1.807) is 0 Å². The van der Waals surface area contributed by atoms with E-state index in [9.17, 15) is 0 Å². The van der Waals surface area contributed by atoms with Crippen LogP contribution in [0.1, 0.15) is 12.8 Å². The summed E-state index contributed by atoms with van der Waals surface area (Å²) in [6.45, 7) is 0. The molecule has 14 heavy (non-hydrogen) atoms. The number of hydrogen-bond donors (Lipinski definition) is 3. The zero-order valence-corrected chi connectivity index (χ0v) is 9.86. The summed E-state index contributed by atoms with van der Waals surface area (Å²) in [7, 11) is 0. The summed E-state index contributed by atoms with van der Waals surface area (Å²) in [6, 6.07) is 6.33. The van der Waals surface area contributed by atoms with Crippen LogP contribution in [0.25, 0.3) is 0 Å². The van der Waals surface area contributed by atoms with Crippen LogP contribution in [0.2, 0.25) is 0 Å². The Morgan fingerprint density at radius 3 is 2.71 bits per heavy atom. The molecule has 0 unspecified atom stereocenters. The molecule has 1 fully saturated rings. The average Bonchev–Trinajstić information content (AvgIpc) is 2.06. The SMILES string of the molecule is Nc1cc(I)ccc1NC1CC(O)C1. The molecule has 1 aliphatic carbocycles. The lowest BCUT2D eigenvalue weighted by molar-refractivity contribution is 0.0837. The van der Waals surface area contributed by atoms with Crippen LogP contribution < -0.4 is 11.1 Å². The standard InChI is InChI=1S/C10H13IN2O/c11-6-1-2-10(9(12)3-6)13-7-4-8(14)5-7/h1-3,7-8,13-14H,4-5,12H2. The number of nitrogens with one attached hydrogen (secondary N) is 1. The van der Waals surface area contributed by atoms with Gasteiger partial charge in [0.2, 0.25) is 0 Å². The minimum absolute atomic E-state index is 0.127. The first-order valence-electron chi connectivity index (χ1n) is 4.65. The van der Waals surface area contributed by atoms with Gasteiger partial charge in [-0.25, -0.2) is 0 Å². The molecule has 4 heteroatoms. The number of aliphatic hydroxyl groups is 1. The monoisotopic (exact) mass is 304 g/mol. The Kier molecular flexibility index (Phi) is 2.83. The molecule has 0 heterocycles. The molecule has 0 radical (unpaired) electrons. The van der Waals surface area contributed by atoms with E-state index in [0.717, 1.165) is 27.8 Å². The van der Waals surface area contributed by atoms with Crippen molar-refractivity contribution >= 4 is 34.0 Å². The van der Waals surface area contributed by atoms with E-state index in [2.05, 4.69) is 27.9 Å². The third kappa shape index (κ3) is 2.12. The van der Waals surface area contributed by atoms with Crippen molar-refractivity contribution in [3.63, 3.8) is 0 Å². The van der Waals surface area contributed by atoms with Crippen molar-refractivity contribution in [3.8, 4) is 0 Å². The molecule has 4 N–H and O–H groups in total. The first-order chi connectivity index (χ1) is 6.65. The van der Waals surface area contributed by atoms with Crippen LogP contribution in [0, 0.1) is 3.57 Å². The number of hydrogen-bond acceptors (Lipinski definition) is 3. The van der Waals surface area contributed by atoms with Gasteiger partial charge in [-0.3, -0.25) is 0 Å². The Morgan fingerprint density at radius 2 is 2.14 bits per heavy atom. The Labute approximate surface area is 96.8 Å². The fourth-order valence-electron chi connectivity index (χ4n) is 1.59. The van der Waals surface area contributed by atoms with Crippen LogP contribution >= 0.6 is 22.6 Å². The van der Waals surface area contributed by atoms with Crippen LogP contribution in [0.3, 0.4) is 0 Å². The molecule has 0 aliphatic heterocycles. The minimum atomic E-state index is -0.127. The van der Waals surface area contributed by atoms with Gasteiger partial charge in [-0.05, 0) is 53.6 Å². The zero-order chi connectivity index (χ0) is 10.1. The number of nitrogens with two attached hydrogens (primary N) is 1. The van der Waals surface area contributed by atoms with Gasteiger partial charge in [0.1, 0.15) is 0 Å². The largest absolute Gasteiger partial charge is 0.397 e. The highest BCUT2D eigenvalue weighted by atomic mass is 127. The Morgan fingerprint density at radius 1 is 1.43 bits per heavy atom. The molecule has 0 aromatic heterocycles. The molecule has 0 amide bonds. The number of nitrogen functional groups attached to an aromatic ring is 1. The van der Waals surface area contributed by atoms with Crippen LogP contribution in [0.4, 0.5) is 11.4 Å². The van der Waals surface area contributed by atoms with Gasteiger partial charge in [-0.15, -0.1) is 0 Å². The smallest absolute Gasteiger partial charge is 0.0579 e. The molecule has 3 nitrogen and oxygen atoms in total. The third-order valence-electron chi connectivity index (χ3n) is 2.49. The number of anilines is 2. The lowest BCUT2D eigenvalue weighted by atomic mass is 9.89. The second-order valence-electron chi connectivity index (χ2n) is 3.70. The molecule has 2 rings (SSSR count). The van der Waals surface area contributed by atoms with E-state index in [1.165, 1.54) is 0 Å². The summed E-state index contributed by atoms with van der Waals surface area (Å²) in [5.41, 5.74) is 7.60. The molecule has 1 aromatic carbocycles. The van der Waals surface area contributed by atoms with Crippen molar-refractivity contribution in [2.24, 2.45) is 0 Å². The molecular weight excluding hydrogens is 291 g/mol. The van der Waals surface area contributed by atoms with Gasteiger partial charge in [0, 0.05) is 9.61 Å². The highest BCUT2D eigenvalue weighted by molar-refractivity contribution is 14.1. The molecule has 0 spiro atoms. The van der Waals surface area contributed by atoms with Crippen molar-refractivity contribution in [1.29, 1.82) is 0 Å².